The van der Waals surface area contributed by atoms with E-state index in [1.807, 2.05) is 31.2 Å². The first-order valence-electron chi connectivity index (χ1n) is 8.43. The molecule has 0 bridgehead atoms. The number of hydrogen-bond acceptors (Lipinski definition) is 4. The Balaban J connectivity index is 1.84. The zero-order chi connectivity index (χ0) is 19.4. The van der Waals surface area contributed by atoms with Gasteiger partial charge in [-0.2, -0.15) is 0 Å². The monoisotopic (exact) mass is 368 g/mol. The maximum Gasteiger partial charge on any atom is 0.274 e. The van der Waals surface area contributed by atoms with Crippen LogP contribution in [-0.2, 0) is 6.42 Å². The molecule has 0 radical (unpaired) electrons. The van der Waals surface area contributed by atoms with Crippen molar-refractivity contribution in [2.45, 2.75) is 20.3 Å². The van der Waals surface area contributed by atoms with Crippen LogP contribution in [0.15, 0.2) is 48.5 Å². The zero-order valence-corrected chi connectivity index (χ0v) is 14.9. The molecule has 138 valence electrons. The van der Waals surface area contributed by atoms with Gasteiger partial charge in [-0.1, -0.05) is 25.1 Å². The van der Waals surface area contributed by atoms with Gasteiger partial charge in [-0.3, -0.25) is 4.79 Å². The van der Waals surface area contributed by atoms with Gasteiger partial charge in [0.15, 0.2) is 11.6 Å². The fourth-order valence-corrected chi connectivity index (χ4v) is 2.58. The van der Waals surface area contributed by atoms with Crippen molar-refractivity contribution < 1.29 is 13.6 Å². The minimum Gasteiger partial charge on any atom is -0.324 e. The number of aryl methyl sites for hydroxylation is 2. The molecule has 0 unspecified atom stereocenters. The fraction of sp³-hybridized carbons (Fsp3) is 0.150. The lowest BCUT2D eigenvalue weighted by atomic mass is 10.1. The number of rotatable bonds is 5. The Morgan fingerprint density at radius 3 is 2.56 bits per heavy atom. The van der Waals surface area contributed by atoms with Crippen LogP contribution in [-0.4, -0.2) is 15.9 Å². The van der Waals surface area contributed by atoms with E-state index in [1.54, 1.807) is 6.92 Å². The van der Waals surface area contributed by atoms with Crippen molar-refractivity contribution in [3.8, 4) is 0 Å². The topological polar surface area (TPSA) is 66.9 Å². The summed E-state index contributed by atoms with van der Waals surface area (Å²) in [4.78, 5) is 21.0. The number of para-hydroxylation sites is 1. The van der Waals surface area contributed by atoms with Crippen LogP contribution in [0.4, 0.5) is 26.1 Å². The van der Waals surface area contributed by atoms with Gasteiger partial charge in [0.2, 0.25) is 5.95 Å². The standard InChI is InChI=1S/C20H18F2N4O/c1-3-13-6-4-5-7-17(13)25-20-23-12(2)10-18(26-20)19(27)24-14-8-9-15(21)16(22)11-14/h4-11H,3H2,1-2H3,(H,24,27)(H,23,25,26). The third-order valence-corrected chi connectivity index (χ3v) is 3.91. The van der Waals surface area contributed by atoms with Crippen LogP contribution in [0.25, 0.3) is 0 Å². The summed E-state index contributed by atoms with van der Waals surface area (Å²) in [5, 5.41) is 5.63. The van der Waals surface area contributed by atoms with Crippen LogP contribution in [0.5, 0.6) is 0 Å². The van der Waals surface area contributed by atoms with Gasteiger partial charge in [0.25, 0.3) is 5.91 Å². The zero-order valence-electron chi connectivity index (χ0n) is 14.9. The Morgan fingerprint density at radius 2 is 1.81 bits per heavy atom. The molecule has 0 spiro atoms. The highest BCUT2D eigenvalue weighted by atomic mass is 19.2. The van der Waals surface area contributed by atoms with Crippen LogP contribution in [0.2, 0.25) is 0 Å². The Bertz CT molecular complexity index is 991. The van der Waals surface area contributed by atoms with Gasteiger partial charge in [0.05, 0.1) is 0 Å². The van der Waals surface area contributed by atoms with Gasteiger partial charge in [0, 0.05) is 23.1 Å². The quantitative estimate of drug-likeness (QED) is 0.689. The van der Waals surface area contributed by atoms with E-state index in [4.69, 9.17) is 0 Å². The molecule has 0 saturated carbocycles. The van der Waals surface area contributed by atoms with Gasteiger partial charge >= 0.3 is 0 Å². The number of carbonyl (C=O) groups excluding carboxylic acids is 1. The number of amides is 1. The Hall–Kier alpha value is -3.35. The molecule has 0 aliphatic rings. The maximum absolute atomic E-state index is 13.3. The lowest BCUT2D eigenvalue weighted by molar-refractivity contribution is 0.102. The second kappa shape index (κ2) is 7.90. The summed E-state index contributed by atoms with van der Waals surface area (Å²) in [6, 6.07) is 12.4. The van der Waals surface area contributed by atoms with E-state index in [2.05, 4.69) is 20.6 Å². The largest absolute Gasteiger partial charge is 0.324 e. The molecule has 3 aromatic rings. The molecule has 0 atom stereocenters. The first kappa shape index (κ1) is 18.4. The summed E-state index contributed by atoms with van der Waals surface area (Å²) in [6.07, 6.45) is 0.832. The first-order valence-corrected chi connectivity index (χ1v) is 8.43. The van der Waals surface area contributed by atoms with Gasteiger partial charge in [-0.15, -0.1) is 0 Å². The van der Waals surface area contributed by atoms with Gasteiger partial charge in [0.1, 0.15) is 5.69 Å². The second-order valence-electron chi connectivity index (χ2n) is 5.94. The molecular weight excluding hydrogens is 350 g/mol. The summed E-state index contributed by atoms with van der Waals surface area (Å²) < 4.78 is 26.3. The molecule has 3 rings (SSSR count). The molecule has 2 aromatic carbocycles. The Morgan fingerprint density at radius 1 is 1.04 bits per heavy atom. The van der Waals surface area contributed by atoms with E-state index in [9.17, 15) is 13.6 Å². The summed E-state index contributed by atoms with van der Waals surface area (Å²) in [5.41, 5.74) is 2.80. The van der Waals surface area contributed by atoms with Crippen LogP contribution in [0.1, 0.15) is 28.7 Å². The van der Waals surface area contributed by atoms with Gasteiger partial charge in [-0.05, 0) is 43.2 Å². The molecular formula is C20H18F2N4O. The van der Waals surface area contributed by atoms with Gasteiger partial charge < -0.3 is 10.6 Å². The molecule has 2 N–H and O–H groups in total. The number of benzene rings is 2. The predicted octanol–water partition coefficient (Wildman–Crippen LogP) is 4.62. The highest BCUT2D eigenvalue weighted by molar-refractivity contribution is 6.03. The molecule has 0 aliphatic heterocycles. The van der Waals surface area contributed by atoms with Crippen molar-refractivity contribution in [3.63, 3.8) is 0 Å². The number of aromatic nitrogens is 2. The summed E-state index contributed by atoms with van der Waals surface area (Å²) in [5.74, 6) is -2.28. The molecule has 1 heterocycles. The number of hydrogen-bond donors (Lipinski definition) is 2. The highest BCUT2D eigenvalue weighted by Gasteiger charge is 2.13. The van der Waals surface area contributed by atoms with Crippen LogP contribution >= 0.6 is 0 Å². The van der Waals surface area contributed by atoms with E-state index in [1.165, 1.54) is 12.1 Å². The average molecular weight is 368 g/mol. The molecule has 0 saturated heterocycles. The van der Waals surface area contributed by atoms with Crippen LogP contribution in [0, 0.1) is 18.6 Å². The molecule has 1 amide bonds. The predicted molar refractivity (Wildman–Crippen MR) is 100 cm³/mol. The number of nitrogens with zero attached hydrogens (tertiary/aromatic N) is 2. The third kappa shape index (κ3) is 4.44. The van der Waals surface area contributed by atoms with E-state index in [0.29, 0.717) is 5.69 Å². The molecule has 5 nitrogen and oxygen atoms in total. The average Bonchev–Trinajstić information content (AvgIpc) is 2.64. The normalized spacial score (nSPS) is 10.5. The number of halogens is 2. The number of anilines is 3. The van der Waals surface area contributed by atoms with Crippen molar-refractivity contribution in [1.29, 1.82) is 0 Å². The summed E-state index contributed by atoms with van der Waals surface area (Å²) >= 11 is 0. The molecule has 27 heavy (non-hydrogen) atoms. The minimum atomic E-state index is -1.04. The van der Waals surface area contributed by atoms with Crippen molar-refractivity contribution in [1.82, 2.24) is 9.97 Å². The van der Waals surface area contributed by atoms with E-state index >= 15 is 0 Å². The lowest BCUT2D eigenvalue weighted by Crippen LogP contribution is -2.16. The Labute approximate surface area is 155 Å². The second-order valence-corrected chi connectivity index (χ2v) is 5.94. The summed E-state index contributed by atoms with van der Waals surface area (Å²) in [7, 11) is 0. The minimum absolute atomic E-state index is 0.115. The molecule has 7 heteroatoms. The van der Waals surface area contributed by atoms with Crippen LogP contribution in [0.3, 0.4) is 0 Å². The van der Waals surface area contributed by atoms with E-state index < -0.39 is 17.5 Å². The van der Waals surface area contributed by atoms with E-state index in [-0.39, 0.29) is 17.3 Å². The first-order chi connectivity index (χ1) is 13.0. The van der Waals surface area contributed by atoms with Crippen molar-refractivity contribution in [2.24, 2.45) is 0 Å². The fourth-order valence-electron chi connectivity index (χ4n) is 2.58. The molecule has 0 aliphatic carbocycles. The van der Waals surface area contributed by atoms with Crippen molar-refractivity contribution in [3.05, 3.63) is 77.1 Å². The smallest absolute Gasteiger partial charge is 0.274 e. The highest BCUT2D eigenvalue weighted by Crippen LogP contribution is 2.20. The van der Waals surface area contributed by atoms with E-state index in [0.717, 1.165) is 29.8 Å². The molecule has 1 aromatic heterocycles. The van der Waals surface area contributed by atoms with Crippen molar-refractivity contribution >= 4 is 23.2 Å². The lowest BCUT2D eigenvalue weighted by Gasteiger charge is -2.11. The number of nitrogens with one attached hydrogen (secondary N) is 2. The Kier molecular flexibility index (Phi) is 5.40. The van der Waals surface area contributed by atoms with Gasteiger partial charge in [-0.25, -0.2) is 18.7 Å². The SMILES string of the molecule is CCc1ccccc1Nc1nc(C)cc(C(=O)Nc2ccc(F)c(F)c2)n1. The van der Waals surface area contributed by atoms with Crippen molar-refractivity contribution in [2.75, 3.05) is 10.6 Å². The summed E-state index contributed by atoms with van der Waals surface area (Å²) in [6.45, 7) is 3.78. The van der Waals surface area contributed by atoms with Crippen LogP contribution < -0.4 is 10.6 Å². The maximum atomic E-state index is 13.3. The molecule has 0 fully saturated rings. The third-order valence-electron chi connectivity index (χ3n) is 3.91. The number of carbonyl (C=O) groups is 1.